The monoisotopic (exact) mass is 168 g/mol. The van der Waals surface area contributed by atoms with Crippen LogP contribution in [0.4, 0.5) is 11.4 Å². The summed E-state index contributed by atoms with van der Waals surface area (Å²) in [6.45, 7) is 0.889. The van der Waals surface area contributed by atoms with Crippen LogP contribution >= 0.6 is 11.8 Å². The van der Waals surface area contributed by atoms with Crippen LogP contribution in [0.1, 0.15) is 5.56 Å². The number of nitrogens with zero attached hydrogens (tertiary/aromatic N) is 1. The molecular weight excluding hydrogens is 160 g/mol. The van der Waals surface area contributed by atoms with E-state index < -0.39 is 0 Å². The van der Waals surface area contributed by atoms with E-state index in [1.54, 1.807) is 4.42 Å². The molecule has 0 saturated heterocycles. The van der Waals surface area contributed by atoms with Gasteiger partial charge in [-0.05, 0) is 24.1 Å². The fraction of sp³-hybridized carbons (Fsp3) is 0.250. The zero-order valence-electron chi connectivity index (χ0n) is 6.05. The molecule has 1 aromatic carbocycles. The second kappa shape index (κ2) is 2.31. The minimum Gasteiger partial charge on any atom is -0.399 e. The lowest BCUT2D eigenvalue weighted by Crippen LogP contribution is -2.04. The molecule has 1 aromatic rings. The van der Waals surface area contributed by atoms with E-state index in [1.807, 2.05) is 18.2 Å². The van der Waals surface area contributed by atoms with Crippen LogP contribution in [-0.4, -0.2) is 6.54 Å². The molecule has 0 amide bonds. The Morgan fingerprint density at radius 1 is 1.45 bits per heavy atom. The van der Waals surface area contributed by atoms with Crippen molar-refractivity contribution in [3.8, 4) is 0 Å². The van der Waals surface area contributed by atoms with Crippen molar-refractivity contribution in [2.75, 3.05) is 16.7 Å². The number of nitrogen functional groups attached to an aromatic ring is 1. The Morgan fingerprint density at radius 2 is 2.27 bits per heavy atom. The van der Waals surface area contributed by atoms with Crippen molar-refractivity contribution in [3.63, 3.8) is 0 Å². The minimum absolute atomic E-state index is 0.774. The third-order valence-electron chi connectivity index (χ3n) is 1.95. The van der Waals surface area contributed by atoms with Crippen LogP contribution in [0.2, 0.25) is 0 Å². The molecule has 0 bridgehead atoms. The maximum atomic E-state index is 5.89. The molecule has 2 nitrogen and oxygen atoms in total. The van der Waals surface area contributed by atoms with Crippen LogP contribution in [0.5, 0.6) is 0 Å². The van der Waals surface area contributed by atoms with E-state index in [9.17, 15) is 0 Å². The first-order valence-electron chi connectivity index (χ1n) is 3.59. The minimum atomic E-state index is 0.774. The summed E-state index contributed by atoms with van der Waals surface area (Å²) in [6.07, 6.45) is 1.03. The normalized spacial score (nSPS) is 15.2. The van der Waals surface area contributed by atoms with Gasteiger partial charge in [-0.3, -0.25) is 4.42 Å². The van der Waals surface area contributed by atoms with Crippen molar-refractivity contribution < 1.29 is 0 Å². The van der Waals surface area contributed by atoms with Crippen LogP contribution in [0.3, 0.4) is 0 Å². The zero-order valence-corrected chi connectivity index (χ0v) is 6.80. The fourth-order valence-corrected chi connectivity index (χ4v) is 1.60. The topological polar surface area (TPSA) is 29.3 Å². The quantitative estimate of drug-likeness (QED) is 0.473. The SMILES string of the molecule is Nc1ccc2c(c1)N(Cl)CC2. The summed E-state index contributed by atoms with van der Waals surface area (Å²) >= 11 is 5.89. The second-order valence-electron chi connectivity index (χ2n) is 2.72. The van der Waals surface area contributed by atoms with Crippen LogP contribution in [0, 0.1) is 0 Å². The van der Waals surface area contributed by atoms with E-state index in [0.29, 0.717) is 0 Å². The van der Waals surface area contributed by atoms with Crippen LogP contribution in [-0.2, 0) is 6.42 Å². The summed E-state index contributed by atoms with van der Waals surface area (Å²) in [6, 6.07) is 5.86. The van der Waals surface area contributed by atoms with Crippen molar-refractivity contribution in [2.24, 2.45) is 0 Å². The van der Waals surface area contributed by atoms with Crippen LogP contribution < -0.4 is 10.2 Å². The van der Waals surface area contributed by atoms with Crippen molar-refractivity contribution in [1.29, 1.82) is 0 Å². The highest BCUT2D eigenvalue weighted by Crippen LogP contribution is 2.30. The zero-order chi connectivity index (χ0) is 7.84. The average Bonchev–Trinajstić information content (AvgIpc) is 2.33. The summed E-state index contributed by atoms with van der Waals surface area (Å²) in [7, 11) is 0. The molecule has 0 saturated carbocycles. The number of nitrogens with two attached hydrogens (primary N) is 1. The molecule has 1 aliphatic rings. The summed E-state index contributed by atoms with van der Waals surface area (Å²) in [5.41, 5.74) is 8.73. The molecule has 0 unspecified atom stereocenters. The van der Waals surface area contributed by atoms with E-state index in [4.69, 9.17) is 17.5 Å². The second-order valence-corrected chi connectivity index (χ2v) is 3.13. The highest BCUT2D eigenvalue weighted by molar-refractivity contribution is 6.26. The Morgan fingerprint density at radius 3 is 3.09 bits per heavy atom. The fourth-order valence-electron chi connectivity index (χ4n) is 1.36. The number of rotatable bonds is 0. The number of fused-ring (bicyclic) bond motifs is 1. The van der Waals surface area contributed by atoms with Gasteiger partial charge in [0.25, 0.3) is 0 Å². The predicted molar refractivity (Wildman–Crippen MR) is 47.8 cm³/mol. The molecule has 0 radical (unpaired) electrons. The van der Waals surface area contributed by atoms with Gasteiger partial charge in [-0.1, -0.05) is 6.07 Å². The van der Waals surface area contributed by atoms with Crippen molar-refractivity contribution in [3.05, 3.63) is 23.8 Å². The van der Waals surface area contributed by atoms with E-state index in [2.05, 4.69) is 0 Å². The van der Waals surface area contributed by atoms with Gasteiger partial charge in [-0.2, -0.15) is 0 Å². The van der Waals surface area contributed by atoms with E-state index in [1.165, 1.54) is 5.56 Å². The summed E-state index contributed by atoms with van der Waals surface area (Å²) in [5, 5.41) is 0. The van der Waals surface area contributed by atoms with Gasteiger partial charge in [0.2, 0.25) is 0 Å². The lowest BCUT2D eigenvalue weighted by atomic mass is 10.1. The molecule has 2 rings (SSSR count). The first-order chi connectivity index (χ1) is 5.27. The third kappa shape index (κ3) is 1.03. The van der Waals surface area contributed by atoms with Crippen LogP contribution in [0.25, 0.3) is 0 Å². The molecule has 2 N–H and O–H groups in total. The highest BCUT2D eigenvalue weighted by Gasteiger charge is 2.16. The van der Waals surface area contributed by atoms with Gasteiger partial charge < -0.3 is 5.73 Å². The molecule has 1 aliphatic heterocycles. The van der Waals surface area contributed by atoms with Gasteiger partial charge in [0.1, 0.15) is 0 Å². The molecule has 0 spiro atoms. The molecule has 3 heteroatoms. The Hall–Kier alpha value is -0.890. The number of halogens is 1. The molecule has 1 heterocycles. The van der Waals surface area contributed by atoms with Crippen molar-refractivity contribution in [1.82, 2.24) is 0 Å². The predicted octanol–water partition coefficient (Wildman–Crippen LogP) is 1.79. The van der Waals surface area contributed by atoms with Gasteiger partial charge in [0, 0.05) is 24.0 Å². The van der Waals surface area contributed by atoms with Crippen LogP contribution in [0.15, 0.2) is 18.2 Å². The van der Waals surface area contributed by atoms with Gasteiger partial charge in [0.05, 0.1) is 5.69 Å². The standard InChI is InChI=1S/C8H9ClN2/c9-11-4-3-6-1-2-7(10)5-8(6)11/h1-2,5H,3-4,10H2. The van der Waals surface area contributed by atoms with Gasteiger partial charge in [-0.15, -0.1) is 0 Å². The molecule has 11 heavy (non-hydrogen) atoms. The van der Waals surface area contributed by atoms with Gasteiger partial charge in [-0.25, -0.2) is 0 Å². The molecule has 0 fully saturated rings. The Balaban J connectivity index is 2.52. The first-order valence-corrected chi connectivity index (χ1v) is 3.93. The van der Waals surface area contributed by atoms with Crippen molar-refractivity contribution >= 4 is 23.2 Å². The highest BCUT2D eigenvalue weighted by atomic mass is 35.5. The average molecular weight is 169 g/mol. The number of hydrogen-bond donors (Lipinski definition) is 1. The summed E-state index contributed by atoms with van der Waals surface area (Å²) < 4.78 is 1.71. The molecule has 0 atom stereocenters. The third-order valence-corrected chi connectivity index (χ3v) is 2.30. The molecule has 58 valence electrons. The Labute approximate surface area is 70.7 Å². The number of hydrogen-bond acceptors (Lipinski definition) is 2. The lowest BCUT2D eigenvalue weighted by molar-refractivity contribution is 1.05. The number of anilines is 2. The maximum absolute atomic E-state index is 5.89. The Kier molecular flexibility index (Phi) is 1.43. The van der Waals surface area contributed by atoms with Gasteiger partial charge >= 0.3 is 0 Å². The molecule has 0 aromatic heterocycles. The maximum Gasteiger partial charge on any atom is 0.0576 e. The lowest BCUT2D eigenvalue weighted by Gasteiger charge is -2.07. The van der Waals surface area contributed by atoms with E-state index in [-0.39, 0.29) is 0 Å². The molecule has 0 aliphatic carbocycles. The van der Waals surface area contributed by atoms with E-state index >= 15 is 0 Å². The summed E-state index contributed by atoms with van der Waals surface area (Å²) in [4.78, 5) is 0. The number of benzene rings is 1. The Bertz CT molecular complexity index is 285. The molecular formula is C8H9ClN2. The largest absolute Gasteiger partial charge is 0.399 e. The van der Waals surface area contributed by atoms with Crippen molar-refractivity contribution in [2.45, 2.75) is 6.42 Å². The smallest absolute Gasteiger partial charge is 0.0576 e. The summed E-state index contributed by atoms with van der Waals surface area (Å²) in [5.74, 6) is 0. The van der Waals surface area contributed by atoms with E-state index in [0.717, 1.165) is 24.3 Å². The first kappa shape index (κ1) is 6.80. The van der Waals surface area contributed by atoms with Gasteiger partial charge in [0.15, 0.2) is 0 Å².